The topological polar surface area (TPSA) is 93.2 Å². The van der Waals surface area contributed by atoms with Crippen LogP contribution in [-0.4, -0.2) is 28.1 Å². The smallest absolute Gasteiger partial charge is 0.261 e. The molecule has 0 saturated carbocycles. The van der Waals surface area contributed by atoms with Crippen molar-refractivity contribution in [2.75, 3.05) is 11.0 Å². The van der Waals surface area contributed by atoms with E-state index in [-0.39, 0.29) is 20.5 Å². The number of hydrogen-bond acceptors (Lipinski definition) is 5. The van der Waals surface area contributed by atoms with Gasteiger partial charge in [-0.15, -0.1) is 0 Å². The largest absolute Gasteiger partial charge is 0.277 e. The van der Waals surface area contributed by atoms with Gasteiger partial charge >= 0.3 is 0 Å². The Kier molecular flexibility index (Phi) is 4.22. The molecule has 2 rings (SSSR count). The molecule has 1 aromatic carbocycles. The van der Waals surface area contributed by atoms with Crippen LogP contribution in [0.3, 0.4) is 0 Å². The van der Waals surface area contributed by atoms with Crippen molar-refractivity contribution in [3.05, 3.63) is 47.7 Å². The Balaban J connectivity index is 2.35. The van der Waals surface area contributed by atoms with Crippen LogP contribution in [-0.2, 0) is 19.9 Å². The SMILES string of the molecule is CS(=O)(=O)c1ccc(S(=O)(=O)Nc2cnccc2Cl)cc1. The summed E-state index contributed by atoms with van der Waals surface area (Å²) in [7, 11) is -7.24. The Labute approximate surface area is 127 Å². The van der Waals surface area contributed by atoms with E-state index in [1.807, 2.05) is 0 Å². The minimum Gasteiger partial charge on any atom is -0.277 e. The third kappa shape index (κ3) is 3.72. The Morgan fingerprint density at radius 2 is 1.57 bits per heavy atom. The number of sulfonamides is 1. The zero-order valence-electron chi connectivity index (χ0n) is 10.8. The summed E-state index contributed by atoms with van der Waals surface area (Å²) in [4.78, 5) is 3.75. The molecule has 0 aliphatic heterocycles. The summed E-state index contributed by atoms with van der Waals surface area (Å²) in [5, 5.41) is 0.210. The predicted octanol–water partition coefficient (Wildman–Crippen LogP) is 1.94. The molecule has 1 N–H and O–H groups in total. The summed E-state index contributed by atoms with van der Waals surface area (Å²) < 4.78 is 49.3. The molecule has 0 atom stereocenters. The highest BCUT2D eigenvalue weighted by Gasteiger charge is 2.17. The molecule has 0 amide bonds. The third-order valence-corrected chi connectivity index (χ3v) is 5.41. The van der Waals surface area contributed by atoms with Crippen LogP contribution in [0.25, 0.3) is 0 Å². The molecule has 1 heterocycles. The fourth-order valence-electron chi connectivity index (χ4n) is 1.52. The maximum Gasteiger partial charge on any atom is 0.261 e. The van der Waals surface area contributed by atoms with Crippen LogP contribution in [0.5, 0.6) is 0 Å². The normalized spacial score (nSPS) is 12.1. The number of pyridine rings is 1. The number of halogens is 1. The van der Waals surface area contributed by atoms with E-state index in [2.05, 4.69) is 9.71 Å². The quantitative estimate of drug-likeness (QED) is 0.913. The Bertz CT molecular complexity index is 862. The Morgan fingerprint density at radius 3 is 2.10 bits per heavy atom. The van der Waals surface area contributed by atoms with Crippen LogP contribution in [0.1, 0.15) is 0 Å². The van der Waals surface area contributed by atoms with E-state index >= 15 is 0 Å². The number of hydrogen-bond donors (Lipinski definition) is 1. The number of anilines is 1. The second kappa shape index (κ2) is 5.63. The van der Waals surface area contributed by atoms with E-state index in [9.17, 15) is 16.8 Å². The molecule has 2 aromatic rings. The zero-order valence-corrected chi connectivity index (χ0v) is 13.2. The van der Waals surface area contributed by atoms with E-state index in [1.165, 1.54) is 42.7 Å². The van der Waals surface area contributed by atoms with Crippen molar-refractivity contribution < 1.29 is 16.8 Å². The third-order valence-electron chi connectivity index (χ3n) is 2.57. The van der Waals surface area contributed by atoms with Gasteiger partial charge in [0.05, 0.1) is 26.7 Å². The van der Waals surface area contributed by atoms with Gasteiger partial charge in [-0.3, -0.25) is 9.71 Å². The second-order valence-electron chi connectivity index (χ2n) is 4.20. The van der Waals surface area contributed by atoms with Crippen molar-refractivity contribution in [3.8, 4) is 0 Å². The maximum atomic E-state index is 12.2. The molecular formula is C12H11ClN2O4S2. The molecule has 112 valence electrons. The average molecular weight is 347 g/mol. The molecule has 9 heteroatoms. The Hall–Kier alpha value is -1.64. The van der Waals surface area contributed by atoms with Gasteiger partial charge in [-0.2, -0.15) is 0 Å². The summed E-state index contributed by atoms with van der Waals surface area (Å²) in [5.41, 5.74) is 0.145. The number of benzene rings is 1. The van der Waals surface area contributed by atoms with E-state index in [0.29, 0.717) is 0 Å². The van der Waals surface area contributed by atoms with E-state index in [4.69, 9.17) is 11.6 Å². The van der Waals surface area contributed by atoms with Gasteiger partial charge in [-0.25, -0.2) is 16.8 Å². The van der Waals surface area contributed by atoms with Gasteiger partial charge < -0.3 is 0 Å². The highest BCUT2D eigenvalue weighted by Crippen LogP contribution is 2.23. The average Bonchev–Trinajstić information content (AvgIpc) is 2.40. The maximum absolute atomic E-state index is 12.2. The lowest BCUT2D eigenvalue weighted by atomic mass is 10.4. The summed E-state index contributed by atoms with van der Waals surface area (Å²) in [6.45, 7) is 0. The van der Waals surface area contributed by atoms with Crippen LogP contribution in [0.2, 0.25) is 5.02 Å². The van der Waals surface area contributed by atoms with Gasteiger partial charge in [0.25, 0.3) is 10.0 Å². The molecule has 0 unspecified atom stereocenters. The predicted molar refractivity (Wildman–Crippen MR) is 79.6 cm³/mol. The van der Waals surface area contributed by atoms with Crippen LogP contribution < -0.4 is 4.72 Å². The molecule has 0 aliphatic rings. The molecule has 0 bridgehead atoms. The van der Waals surface area contributed by atoms with Gasteiger partial charge in [-0.1, -0.05) is 11.6 Å². The van der Waals surface area contributed by atoms with E-state index in [1.54, 1.807) is 0 Å². The fraction of sp³-hybridized carbons (Fsp3) is 0.0833. The summed E-state index contributed by atoms with van der Waals surface area (Å²) in [5.74, 6) is 0. The molecule has 0 fully saturated rings. The van der Waals surface area contributed by atoms with E-state index in [0.717, 1.165) is 6.26 Å². The molecule has 21 heavy (non-hydrogen) atoms. The molecule has 0 saturated heterocycles. The minimum absolute atomic E-state index is 0.0425. The van der Waals surface area contributed by atoms with Crippen molar-refractivity contribution in [3.63, 3.8) is 0 Å². The van der Waals surface area contributed by atoms with Crippen molar-refractivity contribution in [2.45, 2.75) is 9.79 Å². The molecule has 6 nitrogen and oxygen atoms in total. The number of rotatable bonds is 4. The first-order valence-electron chi connectivity index (χ1n) is 5.62. The van der Waals surface area contributed by atoms with Crippen molar-refractivity contribution in [1.82, 2.24) is 4.98 Å². The summed E-state index contributed by atoms with van der Waals surface area (Å²) in [6, 6.07) is 6.33. The first kappa shape index (κ1) is 15.7. The van der Waals surface area contributed by atoms with Gasteiger partial charge in [0, 0.05) is 12.5 Å². The Morgan fingerprint density at radius 1 is 1.00 bits per heavy atom. The lowest BCUT2D eigenvalue weighted by Crippen LogP contribution is -2.13. The van der Waals surface area contributed by atoms with Gasteiger partial charge in [0.1, 0.15) is 0 Å². The molecule has 0 radical (unpaired) electrons. The molecule has 1 aromatic heterocycles. The van der Waals surface area contributed by atoms with Crippen LogP contribution >= 0.6 is 11.6 Å². The zero-order chi connectivity index (χ0) is 15.7. The summed E-state index contributed by atoms with van der Waals surface area (Å²) in [6.07, 6.45) is 3.76. The van der Waals surface area contributed by atoms with Crippen LogP contribution in [0.15, 0.2) is 52.5 Å². The monoisotopic (exact) mass is 346 g/mol. The lowest BCUT2D eigenvalue weighted by molar-refractivity contribution is 0.597. The van der Waals surface area contributed by atoms with Crippen molar-refractivity contribution in [2.24, 2.45) is 0 Å². The van der Waals surface area contributed by atoms with Crippen molar-refractivity contribution >= 4 is 37.1 Å². The van der Waals surface area contributed by atoms with Crippen molar-refractivity contribution in [1.29, 1.82) is 0 Å². The molecule has 0 spiro atoms. The second-order valence-corrected chi connectivity index (χ2v) is 8.31. The van der Waals surface area contributed by atoms with E-state index < -0.39 is 19.9 Å². The first-order valence-corrected chi connectivity index (χ1v) is 9.38. The fourth-order valence-corrected chi connectivity index (χ4v) is 3.43. The van der Waals surface area contributed by atoms with Crippen LogP contribution in [0, 0.1) is 0 Å². The van der Waals surface area contributed by atoms with Gasteiger partial charge in [0.2, 0.25) is 0 Å². The van der Waals surface area contributed by atoms with Crippen LogP contribution in [0.4, 0.5) is 5.69 Å². The number of sulfone groups is 1. The molecule has 0 aliphatic carbocycles. The minimum atomic E-state index is -3.87. The number of aromatic nitrogens is 1. The number of nitrogens with one attached hydrogen (secondary N) is 1. The highest BCUT2D eigenvalue weighted by atomic mass is 35.5. The van der Waals surface area contributed by atoms with Gasteiger partial charge in [0.15, 0.2) is 9.84 Å². The number of nitrogens with zero attached hydrogens (tertiary/aromatic N) is 1. The summed E-state index contributed by atoms with van der Waals surface area (Å²) >= 11 is 5.86. The van der Waals surface area contributed by atoms with Gasteiger partial charge in [-0.05, 0) is 30.3 Å². The first-order chi connectivity index (χ1) is 9.70. The standard InChI is InChI=1S/C12H11ClN2O4S2/c1-20(16,17)9-2-4-10(5-3-9)21(18,19)15-12-8-14-7-6-11(12)13/h2-8,15H,1H3. The highest BCUT2D eigenvalue weighted by molar-refractivity contribution is 7.92. The lowest BCUT2D eigenvalue weighted by Gasteiger charge is -2.09. The molecular weight excluding hydrogens is 336 g/mol.